The van der Waals surface area contributed by atoms with Gasteiger partial charge in [-0.3, -0.25) is 0 Å². The van der Waals surface area contributed by atoms with Crippen LogP contribution in [-0.2, 0) is 22.7 Å². The molecule has 0 atom stereocenters. The van der Waals surface area contributed by atoms with E-state index in [0.717, 1.165) is 12.1 Å². The molecule has 0 unspecified atom stereocenters. The monoisotopic (exact) mass is 466 g/mol. The van der Waals surface area contributed by atoms with Crippen LogP contribution in [0.25, 0.3) is 11.1 Å². The number of nitrogens with two attached hydrogens (primary N) is 1. The van der Waals surface area contributed by atoms with E-state index in [1.807, 2.05) is 0 Å². The molecule has 32 heavy (non-hydrogen) atoms. The van der Waals surface area contributed by atoms with Gasteiger partial charge in [-0.2, -0.15) is 13.2 Å². The summed E-state index contributed by atoms with van der Waals surface area (Å²) in [5.41, 5.74) is 5.05. The molecule has 0 amide bonds. The number of benzene rings is 3. The Morgan fingerprint density at radius 2 is 1.66 bits per heavy atom. The van der Waals surface area contributed by atoms with Crippen molar-refractivity contribution in [2.75, 3.05) is 20.0 Å². The summed E-state index contributed by atoms with van der Waals surface area (Å²) in [6, 6.07) is 13.4. The van der Waals surface area contributed by atoms with Gasteiger partial charge in [0.15, 0.2) is 0 Å². The van der Waals surface area contributed by atoms with Gasteiger partial charge in [-0.1, -0.05) is 30.3 Å². The van der Waals surface area contributed by atoms with Crippen LogP contribution in [0.3, 0.4) is 0 Å². The lowest BCUT2D eigenvalue weighted by Gasteiger charge is -2.17. The van der Waals surface area contributed by atoms with Crippen molar-refractivity contribution < 1.29 is 31.1 Å². The fourth-order valence-corrected chi connectivity index (χ4v) is 4.46. The molecule has 3 aromatic rings. The SMILES string of the molecule is COc1ccc(CNS(=O)(=O)c2cc(N)ccc2-c2ccccc2C(F)(F)F)c(OC)c1. The first kappa shape index (κ1) is 23.4. The van der Waals surface area contributed by atoms with E-state index in [-0.39, 0.29) is 28.3 Å². The molecule has 3 aromatic carbocycles. The Balaban J connectivity index is 2.03. The van der Waals surface area contributed by atoms with Gasteiger partial charge in [0.25, 0.3) is 0 Å². The van der Waals surface area contributed by atoms with E-state index in [1.165, 1.54) is 44.6 Å². The molecular formula is C22H21F3N2O4S. The van der Waals surface area contributed by atoms with Crippen molar-refractivity contribution in [1.82, 2.24) is 4.72 Å². The average Bonchev–Trinajstić information content (AvgIpc) is 2.77. The van der Waals surface area contributed by atoms with E-state index in [4.69, 9.17) is 15.2 Å². The number of hydrogen-bond acceptors (Lipinski definition) is 5. The molecule has 0 aliphatic carbocycles. The first-order valence-corrected chi connectivity index (χ1v) is 10.8. The van der Waals surface area contributed by atoms with Gasteiger partial charge in [0.1, 0.15) is 11.5 Å². The molecule has 0 aliphatic rings. The smallest absolute Gasteiger partial charge is 0.417 e. The highest BCUT2D eigenvalue weighted by Crippen LogP contribution is 2.39. The summed E-state index contributed by atoms with van der Waals surface area (Å²) in [6.45, 7) is -0.162. The number of hydrogen-bond donors (Lipinski definition) is 2. The number of ether oxygens (including phenoxy) is 2. The summed E-state index contributed by atoms with van der Waals surface area (Å²) in [5, 5.41) is 0. The third-order valence-electron chi connectivity index (χ3n) is 4.76. The molecule has 0 saturated carbocycles. The number of nitrogens with one attached hydrogen (secondary N) is 1. The van der Waals surface area contributed by atoms with Gasteiger partial charge in [-0.25, -0.2) is 13.1 Å². The van der Waals surface area contributed by atoms with Gasteiger partial charge in [-0.15, -0.1) is 0 Å². The minimum atomic E-state index is -4.66. The Hall–Kier alpha value is -3.24. The largest absolute Gasteiger partial charge is 0.497 e. The van der Waals surface area contributed by atoms with E-state index < -0.39 is 21.8 Å². The Morgan fingerprint density at radius 3 is 2.31 bits per heavy atom. The quantitative estimate of drug-likeness (QED) is 0.502. The van der Waals surface area contributed by atoms with E-state index in [0.29, 0.717) is 17.1 Å². The van der Waals surface area contributed by atoms with Crippen molar-refractivity contribution >= 4 is 15.7 Å². The van der Waals surface area contributed by atoms with Crippen molar-refractivity contribution in [3.63, 3.8) is 0 Å². The maximum Gasteiger partial charge on any atom is 0.417 e. The topological polar surface area (TPSA) is 90.7 Å². The zero-order valence-electron chi connectivity index (χ0n) is 17.2. The minimum Gasteiger partial charge on any atom is -0.497 e. The molecule has 0 heterocycles. The van der Waals surface area contributed by atoms with Crippen LogP contribution in [0.4, 0.5) is 18.9 Å². The van der Waals surface area contributed by atoms with Crippen molar-refractivity contribution in [2.24, 2.45) is 0 Å². The third kappa shape index (κ3) is 4.97. The van der Waals surface area contributed by atoms with Crippen molar-refractivity contribution in [2.45, 2.75) is 17.6 Å². The highest BCUT2D eigenvalue weighted by atomic mass is 32.2. The molecule has 0 spiro atoms. The first-order valence-electron chi connectivity index (χ1n) is 9.33. The van der Waals surface area contributed by atoms with Crippen LogP contribution < -0.4 is 19.9 Å². The lowest BCUT2D eigenvalue weighted by Crippen LogP contribution is -2.24. The zero-order valence-corrected chi connectivity index (χ0v) is 18.0. The molecule has 10 heteroatoms. The Morgan fingerprint density at radius 1 is 0.938 bits per heavy atom. The summed E-state index contributed by atoms with van der Waals surface area (Å²) in [7, 11) is -1.34. The van der Waals surface area contributed by atoms with Gasteiger partial charge >= 0.3 is 6.18 Å². The highest BCUT2D eigenvalue weighted by molar-refractivity contribution is 7.89. The number of nitrogen functional groups attached to an aromatic ring is 1. The number of anilines is 1. The lowest BCUT2D eigenvalue weighted by atomic mass is 9.99. The Labute approximate surface area is 183 Å². The number of methoxy groups -OCH3 is 2. The van der Waals surface area contributed by atoms with Crippen LogP contribution in [0.2, 0.25) is 0 Å². The Bertz CT molecular complexity index is 1230. The molecule has 170 valence electrons. The van der Waals surface area contributed by atoms with Crippen molar-refractivity contribution in [3.05, 3.63) is 71.8 Å². The number of alkyl halides is 3. The van der Waals surface area contributed by atoms with Crippen molar-refractivity contribution in [1.29, 1.82) is 0 Å². The maximum atomic E-state index is 13.5. The summed E-state index contributed by atoms with van der Waals surface area (Å²) >= 11 is 0. The van der Waals surface area contributed by atoms with Crippen LogP contribution in [0.15, 0.2) is 65.6 Å². The first-order chi connectivity index (χ1) is 15.1. The second-order valence-corrected chi connectivity index (χ2v) is 8.54. The molecule has 0 bridgehead atoms. The lowest BCUT2D eigenvalue weighted by molar-refractivity contribution is -0.137. The normalized spacial score (nSPS) is 11.9. The van der Waals surface area contributed by atoms with Crippen molar-refractivity contribution in [3.8, 4) is 22.6 Å². The standard InChI is InChI=1S/C22H21F3N2O4S/c1-30-16-9-7-14(20(12-16)31-2)13-27-32(28,29)21-11-15(26)8-10-18(21)17-5-3-4-6-19(17)22(23,24)25/h3-12,27H,13,26H2,1-2H3. The molecule has 0 fully saturated rings. The minimum absolute atomic E-state index is 0.0978. The molecular weight excluding hydrogens is 445 g/mol. The van der Waals surface area contributed by atoms with Crippen LogP contribution in [0.5, 0.6) is 11.5 Å². The van der Waals surface area contributed by atoms with E-state index in [2.05, 4.69) is 4.72 Å². The molecule has 0 aliphatic heterocycles. The van der Waals surface area contributed by atoms with Crippen LogP contribution in [-0.4, -0.2) is 22.6 Å². The van der Waals surface area contributed by atoms with Crippen LogP contribution in [0, 0.1) is 0 Å². The third-order valence-corrected chi connectivity index (χ3v) is 6.21. The zero-order chi connectivity index (χ0) is 23.5. The second kappa shape index (κ2) is 9.09. The molecule has 3 rings (SSSR count). The van der Waals surface area contributed by atoms with Gasteiger partial charge < -0.3 is 15.2 Å². The molecule has 0 saturated heterocycles. The van der Waals surface area contributed by atoms with E-state index >= 15 is 0 Å². The van der Waals surface area contributed by atoms with Crippen LogP contribution >= 0.6 is 0 Å². The molecule has 6 nitrogen and oxygen atoms in total. The molecule has 3 N–H and O–H groups in total. The average molecular weight is 466 g/mol. The fraction of sp³-hybridized carbons (Fsp3) is 0.182. The van der Waals surface area contributed by atoms with Gasteiger partial charge in [0, 0.05) is 29.4 Å². The predicted molar refractivity (Wildman–Crippen MR) is 115 cm³/mol. The number of rotatable bonds is 7. The van der Waals surface area contributed by atoms with E-state index in [1.54, 1.807) is 18.2 Å². The van der Waals surface area contributed by atoms with Crippen LogP contribution in [0.1, 0.15) is 11.1 Å². The van der Waals surface area contributed by atoms with Gasteiger partial charge in [0.2, 0.25) is 10.0 Å². The Kier molecular flexibility index (Phi) is 6.65. The number of halogens is 3. The van der Waals surface area contributed by atoms with E-state index in [9.17, 15) is 21.6 Å². The molecule has 0 radical (unpaired) electrons. The van der Waals surface area contributed by atoms with Gasteiger partial charge in [-0.05, 0) is 29.8 Å². The summed E-state index contributed by atoms with van der Waals surface area (Å²) in [4.78, 5) is -0.360. The van der Waals surface area contributed by atoms with Gasteiger partial charge in [0.05, 0.1) is 24.7 Å². The second-order valence-electron chi connectivity index (χ2n) is 6.80. The summed E-state index contributed by atoms with van der Waals surface area (Å²) in [5.74, 6) is 0.914. The summed E-state index contributed by atoms with van der Waals surface area (Å²) < 4.78 is 79.7. The highest BCUT2D eigenvalue weighted by Gasteiger charge is 2.34. The summed E-state index contributed by atoms with van der Waals surface area (Å²) in [6.07, 6.45) is -4.66. The number of sulfonamides is 1. The predicted octanol–water partition coefficient (Wildman–Crippen LogP) is 4.45. The maximum absolute atomic E-state index is 13.5. The fourth-order valence-electron chi connectivity index (χ4n) is 3.20. The molecule has 0 aromatic heterocycles.